The van der Waals surface area contributed by atoms with Crippen molar-refractivity contribution in [2.75, 3.05) is 20.2 Å². The lowest BCUT2D eigenvalue weighted by molar-refractivity contribution is 0.0737. The molecule has 1 aliphatic rings. The second-order valence-corrected chi connectivity index (χ2v) is 8.62. The van der Waals surface area contributed by atoms with E-state index in [1.54, 1.807) is 13.1 Å². The molecule has 2 rings (SSSR count). The molecule has 120 valence electrons. The molecule has 1 saturated carbocycles. The Balaban J connectivity index is 1.98. The quantitative estimate of drug-likeness (QED) is 0.752. The van der Waals surface area contributed by atoms with Crippen LogP contribution in [0.5, 0.6) is 0 Å². The minimum atomic E-state index is -3.43. The lowest BCUT2D eigenvalue weighted by atomic mass is 10.4. The maximum atomic E-state index is 12.6. The van der Waals surface area contributed by atoms with Crippen molar-refractivity contribution in [1.82, 2.24) is 9.62 Å². The van der Waals surface area contributed by atoms with E-state index in [2.05, 4.69) is 5.32 Å². The van der Waals surface area contributed by atoms with Crippen LogP contribution in [0.2, 0.25) is 0 Å². The van der Waals surface area contributed by atoms with Crippen LogP contribution in [0.4, 0.5) is 0 Å². The Labute approximate surface area is 131 Å². The summed E-state index contributed by atoms with van der Waals surface area (Å²) in [6, 6.07) is 2.27. The molecule has 1 aliphatic carbocycles. The molecule has 21 heavy (non-hydrogen) atoms. The summed E-state index contributed by atoms with van der Waals surface area (Å²) in [7, 11) is -1.82. The molecule has 0 atom stereocenters. The molecule has 1 N–H and O–H groups in total. The zero-order valence-corrected chi connectivity index (χ0v) is 14.5. The van der Waals surface area contributed by atoms with Gasteiger partial charge in [0, 0.05) is 31.1 Å². The number of rotatable bonds is 9. The van der Waals surface area contributed by atoms with Crippen molar-refractivity contribution < 1.29 is 13.2 Å². The fourth-order valence-electron chi connectivity index (χ4n) is 1.92. The van der Waals surface area contributed by atoms with Gasteiger partial charge in [-0.3, -0.25) is 0 Å². The van der Waals surface area contributed by atoms with E-state index >= 15 is 0 Å². The van der Waals surface area contributed by atoms with Crippen LogP contribution in [0, 0.1) is 0 Å². The summed E-state index contributed by atoms with van der Waals surface area (Å²) in [5.41, 5.74) is 0. The van der Waals surface area contributed by atoms with E-state index in [1.807, 2.05) is 19.2 Å². The summed E-state index contributed by atoms with van der Waals surface area (Å²) in [5.74, 6) is 0. The largest absolute Gasteiger partial charge is 0.377 e. The van der Waals surface area contributed by atoms with E-state index in [4.69, 9.17) is 4.74 Å². The van der Waals surface area contributed by atoms with Gasteiger partial charge in [-0.2, -0.15) is 4.31 Å². The molecule has 0 aromatic carbocycles. The van der Waals surface area contributed by atoms with Gasteiger partial charge >= 0.3 is 0 Å². The molecule has 0 unspecified atom stereocenters. The van der Waals surface area contributed by atoms with Crippen molar-refractivity contribution in [1.29, 1.82) is 0 Å². The van der Waals surface area contributed by atoms with Crippen molar-refractivity contribution in [3.05, 3.63) is 16.3 Å². The highest BCUT2D eigenvalue weighted by Crippen LogP contribution is 2.26. The molecular formula is C14H24N2O3S2. The monoisotopic (exact) mass is 332 g/mol. The lowest BCUT2D eigenvalue weighted by Crippen LogP contribution is -2.31. The molecule has 0 bridgehead atoms. The van der Waals surface area contributed by atoms with E-state index in [9.17, 15) is 8.42 Å². The number of thiophene rings is 1. The molecule has 0 spiro atoms. The number of nitrogens with one attached hydrogen (secondary N) is 1. The number of sulfonamides is 1. The minimum absolute atomic E-state index is 0.112. The minimum Gasteiger partial charge on any atom is -0.377 e. The first-order valence-corrected chi connectivity index (χ1v) is 9.61. The van der Waals surface area contributed by atoms with E-state index in [0.717, 1.165) is 4.88 Å². The van der Waals surface area contributed by atoms with Crippen molar-refractivity contribution in [3.8, 4) is 0 Å². The van der Waals surface area contributed by atoms with E-state index < -0.39 is 10.0 Å². The van der Waals surface area contributed by atoms with Crippen molar-refractivity contribution in [2.24, 2.45) is 0 Å². The van der Waals surface area contributed by atoms with Crippen LogP contribution in [-0.4, -0.2) is 45.1 Å². The Kier molecular flexibility index (Phi) is 5.79. The normalized spacial score (nSPS) is 16.0. The second kappa shape index (κ2) is 7.19. The Hall–Kier alpha value is -0.470. The van der Waals surface area contributed by atoms with Crippen LogP contribution >= 0.6 is 11.3 Å². The SMILES string of the molecule is CC(C)OCCN(C)S(=O)(=O)c1ccsc1CNC1CC1. The Morgan fingerprint density at radius 1 is 1.48 bits per heavy atom. The number of ether oxygens (including phenoxy) is 1. The molecule has 0 aliphatic heterocycles. The average molecular weight is 332 g/mol. The van der Waals surface area contributed by atoms with Crippen LogP contribution in [0.15, 0.2) is 16.3 Å². The Morgan fingerprint density at radius 2 is 2.19 bits per heavy atom. The van der Waals surface area contributed by atoms with Crippen molar-refractivity contribution in [2.45, 2.75) is 50.3 Å². The van der Waals surface area contributed by atoms with Crippen LogP contribution in [0.1, 0.15) is 31.6 Å². The fourth-order valence-corrected chi connectivity index (χ4v) is 4.43. The van der Waals surface area contributed by atoms with Gasteiger partial charge in [0.15, 0.2) is 0 Å². The second-order valence-electron chi connectivity index (χ2n) is 5.61. The van der Waals surface area contributed by atoms with Gasteiger partial charge in [0.25, 0.3) is 0 Å². The van der Waals surface area contributed by atoms with E-state index in [0.29, 0.717) is 30.6 Å². The molecule has 0 radical (unpaired) electrons. The van der Waals surface area contributed by atoms with E-state index in [-0.39, 0.29) is 6.10 Å². The lowest BCUT2D eigenvalue weighted by Gasteiger charge is -2.18. The van der Waals surface area contributed by atoms with Gasteiger partial charge < -0.3 is 10.1 Å². The number of likely N-dealkylation sites (N-methyl/N-ethyl adjacent to an activating group) is 1. The summed E-state index contributed by atoms with van der Waals surface area (Å²) < 4.78 is 32.0. The van der Waals surface area contributed by atoms with Crippen LogP contribution in [0.25, 0.3) is 0 Å². The standard InChI is InChI=1S/C14H24N2O3S2/c1-11(2)19-8-7-16(3)21(17,18)14-6-9-20-13(14)10-15-12-4-5-12/h6,9,11-12,15H,4-5,7-8,10H2,1-3H3. The molecule has 1 fully saturated rings. The van der Waals surface area contributed by atoms with Crippen LogP contribution < -0.4 is 5.32 Å². The highest BCUT2D eigenvalue weighted by Gasteiger charge is 2.26. The van der Waals surface area contributed by atoms with Crippen molar-refractivity contribution >= 4 is 21.4 Å². The first-order valence-electron chi connectivity index (χ1n) is 7.29. The highest BCUT2D eigenvalue weighted by atomic mass is 32.2. The molecule has 0 amide bonds. The summed E-state index contributed by atoms with van der Waals surface area (Å²) >= 11 is 1.49. The zero-order valence-electron chi connectivity index (χ0n) is 12.8. The molecule has 0 saturated heterocycles. The van der Waals surface area contributed by atoms with Crippen LogP contribution in [-0.2, 0) is 21.3 Å². The third-order valence-corrected chi connectivity index (χ3v) is 6.37. The predicted molar refractivity (Wildman–Crippen MR) is 85.1 cm³/mol. The summed E-state index contributed by atoms with van der Waals surface area (Å²) in [6.07, 6.45) is 2.50. The third-order valence-electron chi connectivity index (χ3n) is 3.38. The molecule has 5 nitrogen and oxygen atoms in total. The average Bonchev–Trinajstić information content (AvgIpc) is 3.11. The van der Waals surface area contributed by atoms with Crippen molar-refractivity contribution in [3.63, 3.8) is 0 Å². The Morgan fingerprint density at radius 3 is 2.81 bits per heavy atom. The number of hydrogen-bond acceptors (Lipinski definition) is 5. The van der Waals surface area contributed by atoms with Gasteiger partial charge in [0.2, 0.25) is 10.0 Å². The van der Waals surface area contributed by atoms with Gasteiger partial charge in [-0.25, -0.2) is 8.42 Å². The number of hydrogen-bond donors (Lipinski definition) is 1. The maximum Gasteiger partial charge on any atom is 0.244 e. The zero-order chi connectivity index (χ0) is 15.5. The summed E-state index contributed by atoms with van der Waals surface area (Å²) in [4.78, 5) is 1.31. The summed E-state index contributed by atoms with van der Waals surface area (Å²) in [6.45, 7) is 5.29. The maximum absolute atomic E-state index is 12.6. The van der Waals surface area contributed by atoms with Gasteiger partial charge in [-0.15, -0.1) is 11.3 Å². The molecular weight excluding hydrogens is 308 g/mol. The topological polar surface area (TPSA) is 58.6 Å². The third kappa shape index (κ3) is 4.75. The van der Waals surface area contributed by atoms with Gasteiger partial charge in [0.1, 0.15) is 0 Å². The molecule has 1 aromatic heterocycles. The molecule has 7 heteroatoms. The highest BCUT2D eigenvalue weighted by molar-refractivity contribution is 7.89. The van der Waals surface area contributed by atoms with Gasteiger partial charge in [-0.1, -0.05) is 0 Å². The van der Waals surface area contributed by atoms with Gasteiger partial charge in [0.05, 0.1) is 17.6 Å². The fraction of sp³-hybridized carbons (Fsp3) is 0.714. The summed E-state index contributed by atoms with van der Waals surface area (Å²) in [5, 5.41) is 5.21. The van der Waals surface area contributed by atoms with E-state index in [1.165, 1.54) is 28.5 Å². The smallest absolute Gasteiger partial charge is 0.244 e. The van der Waals surface area contributed by atoms with Gasteiger partial charge in [-0.05, 0) is 38.1 Å². The molecule has 1 heterocycles. The first kappa shape index (κ1) is 16.9. The van der Waals surface area contributed by atoms with Crippen LogP contribution in [0.3, 0.4) is 0 Å². The first-order chi connectivity index (χ1) is 9.91. The Bertz CT molecular complexity index is 550. The predicted octanol–water partition coefficient (Wildman–Crippen LogP) is 2.05. The number of nitrogens with zero attached hydrogens (tertiary/aromatic N) is 1. The molecule has 1 aromatic rings.